The lowest BCUT2D eigenvalue weighted by atomic mass is 9.74. The Morgan fingerprint density at radius 1 is 1.06 bits per heavy atom. The molecule has 0 aromatic heterocycles. The summed E-state index contributed by atoms with van der Waals surface area (Å²) in [5, 5.41) is 3.64. The van der Waals surface area contributed by atoms with Crippen molar-refractivity contribution in [3.05, 3.63) is 59.9 Å². The fourth-order valence-corrected chi connectivity index (χ4v) is 4.72. The number of rotatable bonds is 5. The zero-order valence-electron chi connectivity index (χ0n) is 19.0. The van der Waals surface area contributed by atoms with Gasteiger partial charge in [-0.3, -0.25) is 4.99 Å². The molecule has 7 heteroatoms. The lowest BCUT2D eigenvalue weighted by molar-refractivity contribution is 0.0511. The standard InChI is InChI=1S/C25H33FN4O2/c1-27-24(30-15-13-29(14-16-30)23-6-4-3-5-22(23)26)28-19-25(11-17-32-18-12-25)20-7-9-21(31-2)10-8-20/h3-10H,11-19H2,1-2H3,(H,27,28). The summed E-state index contributed by atoms with van der Waals surface area (Å²) in [5.74, 6) is 1.61. The topological polar surface area (TPSA) is 49.3 Å². The second-order valence-corrected chi connectivity index (χ2v) is 8.45. The van der Waals surface area contributed by atoms with Gasteiger partial charge in [-0.25, -0.2) is 4.39 Å². The Morgan fingerprint density at radius 3 is 2.38 bits per heavy atom. The predicted molar refractivity (Wildman–Crippen MR) is 126 cm³/mol. The van der Waals surface area contributed by atoms with Crippen LogP contribution >= 0.6 is 0 Å². The van der Waals surface area contributed by atoms with Crippen molar-refractivity contribution >= 4 is 11.6 Å². The zero-order chi connectivity index (χ0) is 22.4. The van der Waals surface area contributed by atoms with Crippen LogP contribution in [-0.2, 0) is 10.2 Å². The second kappa shape index (κ2) is 10.2. The molecule has 0 unspecified atom stereocenters. The van der Waals surface area contributed by atoms with Crippen molar-refractivity contribution in [2.75, 3.05) is 65.0 Å². The summed E-state index contributed by atoms with van der Waals surface area (Å²) in [7, 11) is 3.52. The third-order valence-electron chi connectivity index (χ3n) is 6.72. The molecule has 0 atom stereocenters. The van der Waals surface area contributed by atoms with E-state index in [1.54, 1.807) is 13.2 Å². The molecule has 0 amide bonds. The van der Waals surface area contributed by atoms with Crippen molar-refractivity contribution in [1.29, 1.82) is 0 Å². The third kappa shape index (κ3) is 4.83. The van der Waals surface area contributed by atoms with Gasteiger partial charge in [0.25, 0.3) is 0 Å². The Labute approximate surface area is 190 Å². The van der Waals surface area contributed by atoms with Gasteiger partial charge < -0.3 is 24.6 Å². The van der Waals surface area contributed by atoms with Gasteiger partial charge in [-0.15, -0.1) is 0 Å². The lowest BCUT2D eigenvalue weighted by Crippen LogP contribution is -2.55. The lowest BCUT2D eigenvalue weighted by Gasteiger charge is -2.41. The number of halogens is 1. The Bertz CT molecular complexity index is 904. The number of nitrogens with one attached hydrogen (secondary N) is 1. The minimum Gasteiger partial charge on any atom is -0.497 e. The fourth-order valence-electron chi connectivity index (χ4n) is 4.72. The van der Waals surface area contributed by atoms with Crippen LogP contribution in [0.1, 0.15) is 18.4 Å². The number of piperazine rings is 1. The molecule has 1 N–H and O–H groups in total. The maximum atomic E-state index is 14.2. The normalized spacial score (nSPS) is 19.0. The van der Waals surface area contributed by atoms with Crippen molar-refractivity contribution in [3.8, 4) is 5.75 Å². The molecule has 2 aliphatic rings. The van der Waals surface area contributed by atoms with Crippen molar-refractivity contribution in [2.45, 2.75) is 18.3 Å². The Kier molecular flexibility index (Phi) is 7.15. The van der Waals surface area contributed by atoms with Crippen molar-refractivity contribution in [3.63, 3.8) is 0 Å². The first-order valence-corrected chi connectivity index (χ1v) is 11.3. The molecular formula is C25H33FN4O2. The van der Waals surface area contributed by atoms with Crippen LogP contribution in [0.3, 0.4) is 0 Å². The van der Waals surface area contributed by atoms with Crippen LogP contribution in [0.2, 0.25) is 0 Å². The summed E-state index contributed by atoms with van der Waals surface area (Å²) in [6, 6.07) is 15.4. The van der Waals surface area contributed by atoms with Gasteiger partial charge in [-0.1, -0.05) is 24.3 Å². The number of methoxy groups -OCH3 is 1. The highest BCUT2D eigenvalue weighted by molar-refractivity contribution is 5.80. The summed E-state index contributed by atoms with van der Waals surface area (Å²) in [6.07, 6.45) is 1.93. The van der Waals surface area contributed by atoms with Gasteiger partial charge >= 0.3 is 0 Å². The SMILES string of the molecule is CN=C(NCC1(c2ccc(OC)cc2)CCOCC1)N1CCN(c2ccccc2F)CC1. The molecule has 2 aliphatic heterocycles. The van der Waals surface area contributed by atoms with E-state index in [4.69, 9.17) is 9.47 Å². The fraction of sp³-hybridized carbons (Fsp3) is 0.480. The Balaban J connectivity index is 1.41. The van der Waals surface area contributed by atoms with E-state index in [-0.39, 0.29) is 11.2 Å². The van der Waals surface area contributed by atoms with Gasteiger partial charge in [-0.05, 0) is 42.7 Å². The van der Waals surface area contributed by atoms with Gasteiger partial charge in [0.2, 0.25) is 0 Å². The highest BCUT2D eigenvalue weighted by Crippen LogP contribution is 2.35. The quantitative estimate of drug-likeness (QED) is 0.571. The summed E-state index contributed by atoms with van der Waals surface area (Å²) in [5.41, 5.74) is 1.97. The number of hydrogen-bond donors (Lipinski definition) is 1. The Hall–Kier alpha value is -2.80. The number of guanidine groups is 1. The van der Waals surface area contributed by atoms with E-state index in [0.717, 1.165) is 70.5 Å². The zero-order valence-corrected chi connectivity index (χ0v) is 19.0. The molecule has 0 saturated carbocycles. The van der Waals surface area contributed by atoms with E-state index in [1.165, 1.54) is 11.6 Å². The summed E-state index contributed by atoms with van der Waals surface area (Å²) in [4.78, 5) is 8.92. The maximum Gasteiger partial charge on any atom is 0.193 e. The van der Waals surface area contributed by atoms with Gasteiger partial charge in [-0.2, -0.15) is 0 Å². The van der Waals surface area contributed by atoms with Gasteiger partial charge in [0.15, 0.2) is 5.96 Å². The second-order valence-electron chi connectivity index (χ2n) is 8.45. The first-order valence-electron chi connectivity index (χ1n) is 11.3. The molecule has 2 saturated heterocycles. The average Bonchev–Trinajstić information content (AvgIpc) is 2.86. The largest absolute Gasteiger partial charge is 0.497 e. The number of hydrogen-bond acceptors (Lipinski definition) is 4. The molecule has 2 aromatic carbocycles. The number of nitrogens with zero attached hydrogens (tertiary/aromatic N) is 3. The van der Waals surface area contributed by atoms with Crippen LogP contribution in [0.15, 0.2) is 53.5 Å². The summed E-state index contributed by atoms with van der Waals surface area (Å²) < 4.78 is 25.2. The van der Waals surface area contributed by atoms with E-state index in [2.05, 4.69) is 32.2 Å². The maximum absolute atomic E-state index is 14.2. The molecule has 0 aliphatic carbocycles. The number of benzene rings is 2. The van der Waals surface area contributed by atoms with Crippen molar-refractivity contribution in [1.82, 2.24) is 10.2 Å². The molecule has 2 aromatic rings. The smallest absolute Gasteiger partial charge is 0.193 e. The Morgan fingerprint density at radius 2 is 1.75 bits per heavy atom. The summed E-state index contributed by atoms with van der Waals surface area (Å²) in [6.45, 7) is 5.43. The molecule has 2 fully saturated rings. The number of aliphatic imine (C=N–C) groups is 1. The van der Waals surface area contributed by atoms with Crippen molar-refractivity contribution in [2.24, 2.45) is 4.99 Å². The molecule has 6 nitrogen and oxygen atoms in total. The van der Waals surface area contributed by atoms with Crippen LogP contribution in [0.25, 0.3) is 0 Å². The first-order chi connectivity index (χ1) is 15.6. The van der Waals surface area contributed by atoms with Gasteiger partial charge in [0.05, 0.1) is 12.8 Å². The first kappa shape index (κ1) is 22.4. The molecule has 0 radical (unpaired) electrons. The van der Waals surface area contributed by atoms with Crippen LogP contribution in [0, 0.1) is 5.82 Å². The number of anilines is 1. The van der Waals surface area contributed by atoms with Crippen LogP contribution < -0.4 is 15.0 Å². The minimum atomic E-state index is -0.163. The van der Waals surface area contributed by atoms with E-state index in [0.29, 0.717) is 5.69 Å². The molecule has 2 heterocycles. The molecule has 172 valence electrons. The minimum absolute atomic E-state index is 0.00451. The number of ether oxygens (including phenoxy) is 2. The van der Waals surface area contributed by atoms with Crippen LogP contribution in [0.4, 0.5) is 10.1 Å². The molecule has 0 bridgehead atoms. The number of para-hydroxylation sites is 1. The van der Waals surface area contributed by atoms with E-state index in [1.807, 2.05) is 31.3 Å². The van der Waals surface area contributed by atoms with Crippen LogP contribution in [0.5, 0.6) is 5.75 Å². The molecule has 32 heavy (non-hydrogen) atoms. The molecular weight excluding hydrogens is 407 g/mol. The van der Waals surface area contributed by atoms with Crippen LogP contribution in [-0.4, -0.2) is 71.0 Å². The highest BCUT2D eigenvalue weighted by Gasteiger charge is 2.35. The van der Waals surface area contributed by atoms with E-state index >= 15 is 0 Å². The van der Waals surface area contributed by atoms with Crippen molar-refractivity contribution < 1.29 is 13.9 Å². The van der Waals surface area contributed by atoms with Gasteiger partial charge in [0.1, 0.15) is 11.6 Å². The van der Waals surface area contributed by atoms with Gasteiger partial charge in [0, 0.05) is 58.4 Å². The third-order valence-corrected chi connectivity index (χ3v) is 6.72. The average molecular weight is 441 g/mol. The molecule has 0 spiro atoms. The predicted octanol–water partition coefficient (Wildman–Crippen LogP) is 3.28. The molecule has 4 rings (SSSR count). The monoisotopic (exact) mass is 440 g/mol. The van der Waals surface area contributed by atoms with E-state index in [9.17, 15) is 4.39 Å². The highest BCUT2D eigenvalue weighted by atomic mass is 19.1. The summed E-state index contributed by atoms with van der Waals surface area (Å²) >= 11 is 0. The van der Waals surface area contributed by atoms with E-state index < -0.39 is 0 Å².